The maximum atomic E-state index is 10.4. The molecule has 0 unspecified atom stereocenters. The van der Waals surface area contributed by atoms with Crippen LogP contribution < -0.4 is 16.8 Å². The Bertz CT molecular complexity index is 187. The highest BCUT2D eigenvalue weighted by Crippen LogP contribution is 2.00. The Balaban J connectivity index is 4.33. The second-order valence-electron chi connectivity index (χ2n) is 2.60. The maximum absolute atomic E-state index is 10.4. The fourth-order valence-electron chi connectivity index (χ4n) is 0.497. The maximum Gasteiger partial charge on any atom is 0.312 e. The summed E-state index contributed by atoms with van der Waals surface area (Å²) in [6.07, 6.45) is 0. The van der Waals surface area contributed by atoms with Crippen molar-refractivity contribution in [2.75, 3.05) is 0 Å². The normalized spacial score (nSPS) is 12.7. The fourth-order valence-corrected chi connectivity index (χ4v) is 0.497. The molecule has 64 valence electrons. The summed E-state index contributed by atoms with van der Waals surface area (Å²) in [5.74, 6) is -0.101. The third kappa shape index (κ3) is 2.74. The summed E-state index contributed by atoms with van der Waals surface area (Å²) >= 11 is 0. The lowest BCUT2D eigenvalue weighted by Gasteiger charge is -2.22. The summed E-state index contributed by atoms with van der Waals surface area (Å²) in [5, 5.41) is 13.3. The summed E-state index contributed by atoms with van der Waals surface area (Å²) in [5.41, 5.74) is 9.14. The highest BCUT2D eigenvalue weighted by atomic mass is 16.4. The summed E-state index contributed by atoms with van der Waals surface area (Å²) < 4.78 is 0. The van der Waals surface area contributed by atoms with E-state index in [1.54, 1.807) is 13.8 Å². The minimum absolute atomic E-state index is 0.101. The molecule has 0 fully saturated rings. The summed E-state index contributed by atoms with van der Waals surface area (Å²) in [6.45, 7) is 3.12. The van der Waals surface area contributed by atoms with E-state index in [1.807, 2.05) is 0 Å². The number of carbonyl (C=O) groups excluding carboxylic acids is 1. The van der Waals surface area contributed by atoms with Crippen molar-refractivity contribution in [3.05, 3.63) is 0 Å². The Kier molecular flexibility index (Phi) is 2.68. The molecule has 11 heavy (non-hydrogen) atoms. The van der Waals surface area contributed by atoms with Crippen molar-refractivity contribution in [3.8, 4) is 0 Å². The van der Waals surface area contributed by atoms with E-state index in [-0.39, 0.29) is 5.84 Å². The molecule has 0 aromatic carbocycles. The van der Waals surface area contributed by atoms with Crippen LogP contribution in [0.4, 0.5) is 4.79 Å². The Morgan fingerprint density at radius 2 is 2.00 bits per heavy atom. The number of hydrogen-bond donors (Lipinski definition) is 4. The summed E-state index contributed by atoms with van der Waals surface area (Å²) in [6, 6.07) is -0.721. The number of rotatable bonds is 2. The van der Waals surface area contributed by atoms with E-state index in [1.165, 1.54) is 0 Å². The monoisotopic (exact) mass is 160 g/mol. The van der Waals surface area contributed by atoms with Gasteiger partial charge in [-0.05, 0) is 13.8 Å². The molecule has 6 nitrogen and oxygen atoms in total. The molecule has 0 atom stereocenters. The van der Waals surface area contributed by atoms with Crippen LogP contribution in [0.3, 0.4) is 0 Å². The van der Waals surface area contributed by atoms with Crippen LogP contribution >= 0.6 is 0 Å². The number of amidine groups is 1. The Morgan fingerprint density at radius 3 is 2.27 bits per heavy atom. The molecule has 0 saturated heterocycles. The highest BCUT2D eigenvalue weighted by Gasteiger charge is 2.24. The molecule has 0 aliphatic heterocycles. The minimum atomic E-state index is -0.916. The third-order valence-electron chi connectivity index (χ3n) is 1.18. The zero-order valence-corrected chi connectivity index (χ0v) is 6.46. The van der Waals surface area contributed by atoms with Gasteiger partial charge >= 0.3 is 6.03 Å². The number of primary amides is 1. The van der Waals surface area contributed by atoms with Crippen LogP contribution in [0.2, 0.25) is 0 Å². The first-order chi connectivity index (χ1) is 4.90. The van der Waals surface area contributed by atoms with Gasteiger partial charge in [-0.1, -0.05) is 5.16 Å². The SMILES string of the molecule is CC(C)(NC(N)=O)/C(N)=N/O. The molecule has 0 spiro atoms. The second-order valence-corrected chi connectivity index (χ2v) is 2.60. The third-order valence-corrected chi connectivity index (χ3v) is 1.18. The number of nitrogens with two attached hydrogens (primary N) is 2. The lowest BCUT2D eigenvalue weighted by atomic mass is 10.1. The smallest absolute Gasteiger partial charge is 0.312 e. The largest absolute Gasteiger partial charge is 0.409 e. The van der Waals surface area contributed by atoms with Gasteiger partial charge in [0.05, 0.1) is 5.54 Å². The van der Waals surface area contributed by atoms with Crippen molar-refractivity contribution in [1.82, 2.24) is 5.32 Å². The van der Waals surface area contributed by atoms with E-state index in [0.717, 1.165) is 0 Å². The quantitative estimate of drug-likeness (QED) is 0.183. The van der Waals surface area contributed by atoms with Crippen molar-refractivity contribution < 1.29 is 10.0 Å². The van der Waals surface area contributed by atoms with Gasteiger partial charge in [0.15, 0.2) is 5.84 Å². The van der Waals surface area contributed by atoms with Crippen LogP contribution in [-0.4, -0.2) is 22.6 Å². The molecule has 0 aliphatic carbocycles. The van der Waals surface area contributed by atoms with Crippen molar-refractivity contribution >= 4 is 11.9 Å². The summed E-state index contributed by atoms with van der Waals surface area (Å²) in [7, 11) is 0. The van der Waals surface area contributed by atoms with Gasteiger partial charge in [0, 0.05) is 0 Å². The van der Waals surface area contributed by atoms with E-state index in [0.29, 0.717) is 0 Å². The molecule has 0 saturated carbocycles. The van der Waals surface area contributed by atoms with Crippen LogP contribution in [0, 0.1) is 0 Å². The number of nitrogens with zero attached hydrogens (tertiary/aromatic N) is 1. The predicted octanol–water partition coefficient (Wildman–Crippen LogP) is -0.820. The van der Waals surface area contributed by atoms with E-state index in [4.69, 9.17) is 16.7 Å². The van der Waals surface area contributed by atoms with Gasteiger partial charge in [0.2, 0.25) is 0 Å². The molecule has 2 amide bonds. The van der Waals surface area contributed by atoms with Crippen molar-refractivity contribution in [1.29, 1.82) is 0 Å². The Hall–Kier alpha value is -1.46. The topological polar surface area (TPSA) is 114 Å². The molecule has 6 heteroatoms. The van der Waals surface area contributed by atoms with Gasteiger partial charge in [-0.3, -0.25) is 0 Å². The van der Waals surface area contributed by atoms with E-state index >= 15 is 0 Å². The van der Waals surface area contributed by atoms with E-state index in [9.17, 15) is 4.79 Å². The first-order valence-electron chi connectivity index (χ1n) is 2.96. The second kappa shape index (κ2) is 3.09. The minimum Gasteiger partial charge on any atom is -0.409 e. The lowest BCUT2D eigenvalue weighted by Crippen LogP contribution is -2.54. The van der Waals surface area contributed by atoms with E-state index < -0.39 is 11.6 Å². The highest BCUT2D eigenvalue weighted by molar-refractivity contribution is 5.92. The molecule has 0 bridgehead atoms. The Labute approximate surface area is 64.2 Å². The van der Waals surface area contributed by atoms with Gasteiger partial charge in [-0.25, -0.2) is 4.79 Å². The van der Waals surface area contributed by atoms with Gasteiger partial charge in [0.1, 0.15) is 0 Å². The number of carbonyl (C=O) groups is 1. The van der Waals surface area contributed by atoms with Crippen molar-refractivity contribution in [2.24, 2.45) is 16.6 Å². The first-order valence-corrected chi connectivity index (χ1v) is 2.96. The number of oxime groups is 1. The van der Waals surface area contributed by atoms with Gasteiger partial charge in [-0.2, -0.15) is 0 Å². The van der Waals surface area contributed by atoms with Crippen LogP contribution in [-0.2, 0) is 0 Å². The van der Waals surface area contributed by atoms with Crippen LogP contribution in [0.5, 0.6) is 0 Å². The zero-order valence-electron chi connectivity index (χ0n) is 6.46. The molecule has 6 N–H and O–H groups in total. The van der Waals surface area contributed by atoms with Gasteiger partial charge in [0.25, 0.3) is 0 Å². The zero-order chi connectivity index (χ0) is 9.07. The van der Waals surface area contributed by atoms with Crippen molar-refractivity contribution in [2.45, 2.75) is 19.4 Å². The molecule has 0 aromatic heterocycles. The molecule has 0 rings (SSSR count). The molecule has 0 aliphatic rings. The average Bonchev–Trinajstić information content (AvgIpc) is 1.83. The van der Waals surface area contributed by atoms with E-state index in [2.05, 4.69) is 10.5 Å². The summed E-state index contributed by atoms with van der Waals surface area (Å²) in [4.78, 5) is 10.4. The molecular weight excluding hydrogens is 148 g/mol. The first kappa shape index (κ1) is 9.54. The van der Waals surface area contributed by atoms with Crippen LogP contribution in [0.25, 0.3) is 0 Å². The molecule has 0 heterocycles. The molecule has 0 radical (unpaired) electrons. The van der Waals surface area contributed by atoms with Gasteiger partial charge < -0.3 is 22.0 Å². The van der Waals surface area contributed by atoms with Crippen LogP contribution in [0.1, 0.15) is 13.8 Å². The number of nitrogens with one attached hydrogen (secondary N) is 1. The predicted molar refractivity (Wildman–Crippen MR) is 40.2 cm³/mol. The lowest BCUT2D eigenvalue weighted by molar-refractivity contribution is 0.243. The molecule has 0 aromatic rings. The average molecular weight is 160 g/mol. The number of urea groups is 1. The Morgan fingerprint density at radius 1 is 1.55 bits per heavy atom. The molecular formula is C5H12N4O2. The fraction of sp³-hybridized carbons (Fsp3) is 0.600. The van der Waals surface area contributed by atoms with Gasteiger partial charge in [-0.15, -0.1) is 0 Å². The number of hydrogen-bond acceptors (Lipinski definition) is 3. The van der Waals surface area contributed by atoms with Crippen LogP contribution in [0.15, 0.2) is 5.16 Å². The standard InChI is InChI=1S/C5H12N4O2/c1-5(2,3(6)9-11)8-4(7)10/h11H,1-2H3,(H2,6,9)(H3,7,8,10). The van der Waals surface area contributed by atoms with Crippen molar-refractivity contribution in [3.63, 3.8) is 0 Å². The number of amides is 2.